The summed E-state index contributed by atoms with van der Waals surface area (Å²) in [5.74, 6) is -0.798. The predicted octanol–water partition coefficient (Wildman–Crippen LogP) is 0.288. The van der Waals surface area contributed by atoms with Crippen LogP contribution in [0.4, 0.5) is 11.5 Å². The van der Waals surface area contributed by atoms with E-state index in [1.807, 2.05) is 0 Å². The summed E-state index contributed by atoms with van der Waals surface area (Å²) in [4.78, 5) is 27.0. The summed E-state index contributed by atoms with van der Waals surface area (Å²) < 4.78 is 10.0. The van der Waals surface area contributed by atoms with Crippen molar-refractivity contribution >= 4 is 17.5 Å². The molecule has 1 aromatic rings. The van der Waals surface area contributed by atoms with Crippen LogP contribution < -0.4 is 9.64 Å². The molecule has 1 fully saturated rings. The summed E-state index contributed by atoms with van der Waals surface area (Å²) in [5, 5.41) is 20.0. The molecule has 2 heterocycles. The number of aromatic nitrogens is 1. The number of nitro groups is 1. The fourth-order valence-electron chi connectivity index (χ4n) is 1.90. The highest BCUT2D eigenvalue weighted by molar-refractivity contribution is 5.74. The minimum Gasteiger partial charge on any atom is -0.481 e. The third-order valence-electron chi connectivity index (χ3n) is 2.88. The summed E-state index contributed by atoms with van der Waals surface area (Å²) >= 11 is 0. The van der Waals surface area contributed by atoms with E-state index in [1.54, 1.807) is 0 Å². The first kappa shape index (κ1) is 14.0. The molecule has 0 saturated carbocycles. The fraction of sp³-hybridized carbons (Fsp3) is 0.455. The SMILES string of the molecule is COc1ccc([N+](=O)[O-])c(N2CCOC(C(=O)O)C2)n1. The average Bonchev–Trinajstić information content (AvgIpc) is 2.46. The molecule has 2 rings (SSSR count). The molecule has 1 N–H and O–H groups in total. The third kappa shape index (κ3) is 2.77. The molecule has 0 bridgehead atoms. The van der Waals surface area contributed by atoms with E-state index in [0.717, 1.165) is 0 Å². The van der Waals surface area contributed by atoms with Gasteiger partial charge < -0.3 is 19.5 Å². The molecule has 1 saturated heterocycles. The van der Waals surface area contributed by atoms with Crippen molar-refractivity contribution in [2.75, 3.05) is 31.7 Å². The number of aliphatic carboxylic acids is 1. The molecule has 1 aromatic heterocycles. The Morgan fingerprint density at radius 2 is 2.40 bits per heavy atom. The van der Waals surface area contributed by atoms with Crippen molar-refractivity contribution in [2.45, 2.75) is 6.10 Å². The highest BCUT2D eigenvalue weighted by atomic mass is 16.6. The molecule has 0 aromatic carbocycles. The molecule has 9 heteroatoms. The minimum atomic E-state index is -1.11. The molecule has 1 aliphatic rings. The standard InChI is InChI=1S/C11H13N3O6/c1-19-9-3-2-7(14(17)18)10(12-9)13-4-5-20-8(6-13)11(15)16/h2-3,8H,4-6H2,1H3,(H,15,16). The Labute approximate surface area is 113 Å². The lowest BCUT2D eigenvalue weighted by Gasteiger charge is -2.31. The first-order chi connectivity index (χ1) is 9.52. The first-order valence-corrected chi connectivity index (χ1v) is 5.81. The van der Waals surface area contributed by atoms with Crippen LogP contribution >= 0.6 is 0 Å². The molecular formula is C11H13N3O6. The van der Waals surface area contributed by atoms with E-state index in [1.165, 1.54) is 24.1 Å². The van der Waals surface area contributed by atoms with E-state index >= 15 is 0 Å². The highest BCUT2D eigenvalue weighted by Gasteiger charge is 2.31. The van der Waals surface area contributed by atoms with Crippen LogP contribution in [0.2, 0.25) is 0 Å². The number of methoxy groups -OCH3 is 1. The van der Waals surface area contributed by atoms with Crippen molar-refractivity contribution in [3.63, 3.8) is 0 Å². The Morgan fingerprint density at radius 1 is 1.65 bits per heavy atom. The fourth-order valence-corrected chi connectivity index (χ4v) is 1.90. The van der Waals surface area contributed by atoms with Crippen LogP contribution in [0.3, 0.4) is 0 Å². The van der Waals surface area contributed by atoms with Gasteiger partial charge in [-0.1, -0.05) is 0 Å². The predicted molar refractivity (Wildman–Crippen MR) is 67.0 cm³/mol. The monoisotopic (exact) mass is 283 g/mol. The minimum absolute atomic E-state index is 0.00363. The molecule has 20 heavy (non-hydrogen) atoms. The molecule has 1 aliphatic heterocycles. The summed E-state index contributed by atoms with van der Waals surface area (Å²) in [6.45, 7) is 0.480. The van der Waals surface area contributed by atoms with Crippen LogP contribution in [-0.4, -0.2) is 53.9 Å². The summed E-state index contributed by atoms with van der Waals surface area (Å²) in [7, 11) is 1.40. The molecule has 108 valence electrons. The van der Waals surface area contributed by atoms with Crippen molar-refractivity contribution in [2.24, 2.45) is 0 Å². The number of morpholine rings is 1. The van der Waals surface area contributed by atoms with Crippen molar-refractivity contribution < 1.29 is 24.3 Å². The zero-order chi connectivity index (χ0) is 14.7. The van der Waals surface area contributed by atoms with Gasteiger partial charge in [0.05, 0.1) is 25.2 Å². The van der Waals surface area contributed by atoms with E-state index in [0.29, 0.717) is 6.54 Å². The third-order valence-corrected chi connectivity index (χ3v) is 2.88. The Kier molecular flexibility index (Phi) is 3.99. The largest absolute Gasteiger partial charge is 0.481 e. The van der Waals surface area contributed by atoms with E-state index in [9.17, 15) is 14.9 Å². The molecule has 1 atom stereocenters. The van der Waals surface area contributed by atoms with Gasteiger partial charge in [0.25, 0.3) is 0 Å². The number of hydrogen-bond acceptors (Lipinski definition) is 7. The second kappa shape index (κ2) is 5.70. The lowest BCUT2D eigenvalue weighted by Crippen LogP contribution is -2.46. The zero-order valence-electron chi connectivity index (χ0n) is 10.7. The number of carboxylic acid groups (broad SMARTS) is 1. The molecule has 0 aliphatic carbocycles. The van der Waals surface area contributed by atoms with Crippen molar-refractivity contribution in [3.8, 4) is 5.88 Å². The summed E-state index contributed by atoms with van der Waals surface area (Å²) in [5.41, 5.74) is -0.197. The highest BCUT2D eigenvalue weighted by Crippen LogP contribution is 2.29. The van der Waals surface area contributed by atoms with Crippen molar-refractivity contribution in [3.05, 3.63) is 22.2 Å². The zero-order valence-corrected chi connectivity index (χ0v) is 10.7. The van der Waals surface area contributed by atoms with Crippen LogP contribution in [-0.2, 0) is 9.53 Å². The van der Waals surface area contributed by atoms with Crippen LogP contribution in [0, 0.1) is 10.1 Å². The molecule has 1 unspecified atom stereocenters. The number of hydrogen-bond donors (Lipinski definition) is 1. The van der Waals surface area contributed by atoms with Gasteiger partial charge in [-0.05, 0) is 0 Å². The Morgan fingerprint density at radius 3 is 3.00 bits per heavy atom. The van der Waals surface area contributed by atoms with Gasteiger partial charge in [-0.25, -0.2) is 4.79 Å². The van der Waals surface area contributed by atoms with Crippen molar-refractivity contribution in [1.29, 1.82) is 0 Å². The van der Waals surface area contributed by atoms with Gasteiger partial charge in [-0.2, -0.15) is 4.98 Å². The maximum absolute atomic E-state index is 11.0. The second-order valence-corrected chi connectivity index (χ2v) is 4.10. The number of carbonyl (C=O) groups is 1. The van der Waals surface area contributed by atoms with Gasteiger partial charge in [-0.3, -0.25) is 10.1 Å². The van der Waals surface area contributed by atoms with Gasteiger partial charge in [-0.15, -0.1) is 0 Å². The van der Waals surface area contributed by atoms with Crippen LogP contribution in [0.15, 0.2) is 12.1 Å². The van der Waals surface area contributed by atoms with E-state index in [4.69, 9.17) is 14.6 Å². The Bertz CT molecular complexity index is 535. The van der Waals surface area contributed by atoms with Crippen molar-refractivity contribution in [1.82, 2.24) is 4.98 Å². The van der Waals surface area contributed by atoms with E-state index < -0.39 is 17.0 Å². The van der Waals surface area contributed by atoms with Crippen LogP contribution in [0.5, 0.6) is 5.88 Å². The van der Waals surface area contributed by atoms with Crippen LogP contribution in [0.1, 0.15) is 0 Å². The lowest BCUT2D eigenvalue weighted by atomic mass is 10.2. The van der Waals surface area contributed by atoms with Gasteiger partial charge >= 0.3 is 11.7 Å². The normalized spacial score (nSPS) is 18.6. The molecule has 0 amide bonds. The Balaban J connectivity index is 2.34. The first-order valence-electron chi connectivity index (χ1n) is 5.81. The van der Waals surface area contributed by atoms with Crippen LogP contribution in [0.25, 0.3) is 0 Å². The molecule has 0 radical (unpaired) electrons. The van der Waals surface area contributed by atoms with E-state index in [2.05, 4.69) is 4.98 Å². The topological polar surface area (TPSA) is 115 Å². The van der Waals surface area contributed by atoms with Gasteiger partial charge in [0.2, 0.25) is 11.7 Å². The number of ether oxygens (including phenoxy) is 2. The molecule has 9 nitrogen and oxygen atoms in total. The number of pyridine rings is 1. The van der Waals surface area contributed by atoms with E-state index in [-0.39, 0.29) is 30.5 Å². The number of carboxylic acids is 1. The van der Waals surface area contributed by atoms with Gasteiger partial charge in [0.1, 0.15) is 0 Å². The summed E-state index contributed by atoms with van der Waals surface area (Å²) in [6, 6.07) is 2.67. The van der Waals surface area contributed by atoms with Gasteiger partial charge in [0.15, 0.2) is 6.10 Å². The second-order valence-electron chi connectivity index (χ2n) is 4.10. The Hall–Kier alpha value is -2.42. The number of nitrogens with zero attached hydrogens (tertiary/aromatic N) is 3. The maximum Gasteiger partial charge on any atom is 0.334 e. The quantitative estimate of drug-likeness (QED) is 0.619. The molecule has 0 spiro atoms. The average molecular weight is 283 g/mol. The van der Waals surface area contributed by atoms with Gasteiger partial charge in [0, 0.05) is 18.7 Å². The number of anilines is 1. The summed E-state index contributed by atoms with van der Waals surface area (Å²) in [6.07, 6.45) is -1.03. The molecular weight excluding hydrogens is 270 g/mol. The number of rotatable bonds is 4. The lowest BCUT2D eigenvalue weighted by molar-refractivity contribution is -0.384. The maximum atomic E-state index is 11.0. The smallest absolute Gasteiger partial charge is 0.334 e.